The predicted molar refractivity (Wildman–Crippen MR) is 89.6 cm³/mol. The molecule has 0 aromatic heterocycles. The Labute approximate surface area is 134 Å². The van der Waals surface area contributed by atoms with Gasteiger partial charge in [-0.2, -0.15) is 0 Å². The highest BCUT2D eigenvalue weighted by molar-refractivity contribution is 6.31. The maximum atomic E-state index is 12.4. The van der Waals surface area contributed by atoms with Gasteiger partial charge < -0.3 is 10.2 Å². The van der Waals surface area contributed by atoms with Gasteiger partial charge in [0, 0.05) is 12.1 Å². The number of amidine groups is 1. The third-order valence-electron chi connectivity index (χ3n) is 3.52. The summed E-state index contributed by atoms with van der Waals surface area (Å²) in [5.74, 6) is 0.704. The van der Waals surface area contributed by atoms with Crippen molar-refractivity contribution >= 4 is 29.0 Å². The SMILES string of the molecule is CN1CC(=NCc2ccccc2)Nc2ccc(Cl)cc2C1=O. The van der Waals surface area contributed by atoms with E-state index in [9.17, 15) is 4.79 Å². The second-order valence-corrected chi connectivity index (χ2v) is 5.66. The lowest BCUT2D eigenvalue weighted by Crippen LogP contribution is -2.31. The van der Waals surface area contributed by atoms with Gasteiger partial charge in [0.25, 0.3) is 5.91 Å². The van der Waals surface area contributed by atoms with Crippen LogP contribution in [0.1, 0.15) is 15.9 Å². The smallest absolute Gasteiger partial charge is 0.256 e. The number of amides is 1. The van der Waals surface area contributed by atoms with Crippen molar-refractivity contribution in [2.45, 2.75) is 6.54 Å². The molecule has 1 aliphatic heterocycles. The van der Waals surface area contributed by atoms with Gasteiger partial charge in [-0.1, -0.05) is 41.9 Å². The summed E-state index contributed by atoms with van der Waals surface area (Å²) < 4.78 is 0. The first-order valence-electron chi connectivity index (χ1n) is 7.03. The van der Waals surface area contributed by atoms with Gasteiger partial charge in [-0.15, -0.1) is 0 Å². The van der Waals surface area contributed by atoms with Gasteiger partial charge >= 0.3 is 0 Å². The minimum absolute atomic E-state index is 0.0603. The third-order valence-corrected chi connectivity index (χ3v) is 3.76. The Morgan fingerprint density at radius 1 is 1.23 bits per heavy atom. The van der Waals surface area contributed by atoms with Crippen LogP contribution >= 0.6 is 11.6 Å². The Kier molecular flexibility index (Phi) is 4.11. The van der Waals surface area contributed by atoms with E-state index >= 15 is 0 Å². The van der Waals surface area contributed by atoms with Gasteiger partial charge in [0.05, 0.1) is 24.3 Å². The molecule has 2 aromatic carbocycles. The first-order chi connectivity index (χ1) is 10.6. The molecule has 1 aliphatic rings. The fourth-order valence-electron chi connectivity index (χ4n) is 2.36. The second-order valence-electron chi connectivity index (χ2n) is 5.22. The zero-order valence-electron chi connectivity index (χ0n) is 12.2. The summed E-state index contributed by atoms with van der Waals surface area (Å²) in [6, 6.07) is 15.3. The number of halogens is 1. The molecule has 1 N–H and O–H groups in total. The van der Waals surface area contributed by atoms with E-state index < -0.39 is 0 Å². The molecular formula is C17H16ClN3O. The number of rotatable bonds is 2. The monoisotopic (exact) mass is 313 g/mol. The van der Waals surface area contributed by atoms with E-state index in [0.29, 0.717) is 23.7 Å². The molecule has 1 heterocycles. The zero-order valence-corrected chi connectivity index (χ0v) is 13.0. The molecule has 0 spiro atoms. The summed E-state index contributed by atoms with van der Waals surface area (Å²) in [4.78, 5) is 18.6. The number of aliphatic imine (C=N–C) groups is 1. The molecule has 0 fully saturated rings. The van der Waals surface area contributed by atoms with E-state index in [4.69, 9.17) is 11.6 Å². The molecule has 0 radical (unpaired) electrons. The van der Waals surface area contributed by atoms with Gasteiger partial charge in [-0.25, -0.2) is 0 Å². The summed E-state index contributed by atoms with van der Waals surface area (Å²) in [5.41, 5.74) is 2.44. The first-order valence-corrected chi connectivity index (χ1v) is 7.40. The summed E-state index contributed by atoms with van der Waals surface area (Å²) in [7, 11) is 1.76. The van der Waals surface area contributed by atoms with Gasteiger partial charge in [0.2, 0.25) is 0 Å². The van der Waals surface area contributed by atoms with Crippen molar-refractivity contribution in [3.63, 3.8) is 0 Å². The van der Waals surface area contributed by atoms with Gasteiger partial charge in [0.15, 0.2) is 0 Å². The van der Waals surface area contributed by atoms with Gasteiger partial charge in [-0.3, -0.25) is 9.79 Å². The van der Waals surface area contributed by atoms with Crippen LogP contribution in [0.4, 0.5) is 5.69 Å². The average Bonchev–Trinajstić information content (AvgIpc) is 2.64. The number of hydrogen-bond donors (Lipinski definition) is 1. The average molecular weight is 314 g/mol. The topological polar surface area (TPSA) is 44.7 Å². The Balaban J connectivity index is 1.88. The van der Waals surface area contributed by atoms with Crippen LogP contribution in [0.5, 0.6) is 0 Å². The number of anilines is 1. The van der Waals surface area contributed by atoms with Gasteiger partial charge in [-0.05, 0) is 23.8 Å². The Hall–Kier alpha value is -2.33. The highest BCUT2D eigenvalue weighted by atomic mass is 35.5. The van der Waals surface area contributed by atoms with Crippen molar-refractivity contribution in [3.8, 4) is 0 Å². The summed E-state index contributed by atoms with van der Waals surface area (Å²) in [5, 5.41) is 3.79. The van der Waals surface area contributed by atoms with E-state index in [1.54, 1.807) is 24.1 Å². The van der Waals surface area contributed by atoms with E-state index in [-0.39, 0.29) is 5.91 Å². The van der Waals surface area contributed by atoms with E-state index in [1.165, 1.54) is 0 Å². The molecule has 1 amide bonds. The largest absolute Gasteiger partial charge is 0.342 e. The Morgan fingerprint density at radius 3 is 2.77 bits per heavy atom. The highest BCUT2D eigenvalue weighted by Crippen LogP contribution is 2.24. The van der Waals surface area contributed by atoms with Gasteiger partial charge in [0.1, 0.15) is 5.84 Å². The molecule has 0 aliphatic carbocycles. The van der Waals surface area contributed by atoms with Crippen molar-refractivity contribution in [3.05, 3.63) is 64.7 Å². The van der Waals surface area contributed by atoms with E-state index in [0.717, 1.165) is 17.1 Å². The standard InChI is InChI=1S/C17H16ClN3O/c1-21-11-16(19-10-12-5-3-2-4-6-12)20-15-8-7-13(18)9-14(15)17(21)22/h2-9H,10-11H2,1H3,(H,19,20). The predicted octanol–water partition coefficient (Wildman–Crippen LogP) is 3.44. The van der Waals surface area contributed by atoms with Crippen LogP contribution in [0, 0.1) is 0 Å². The second kappa shape index (κ2) is 6.20. The maximum absolute atomic E-state index is 12.4. The van der Waals surface area contributed by atoms with Crippen LogP contribution in [-0.4, -0.2) is 30.2 Å². The normalized spacial score (nSPS) is 16.2. The number of likely N-dealkylation sites (N-methyl/N-ethyl adjacent to an activating group) is 1. The van der Waals surface area contributed by atoms with E-state index in [1.807, 2.05) is 36.4 Å². The van der Waals surface area contributed by atoms with Crippen LogP contribution in [-0.2, 0) is 6.54 Å². The van der Waals surface area contributed by atoms with Crippen molar-refractivity contribution in [1.82, 2.24) is 4.90 Å². The summed E-state index contributed by atoms with van der Waals surface area (Å²) in [6.45, 7) is 1.02. The number of hydrogen-bond acceptors (Lipinski definition) is 2. The van der Waals surface area contributed by atoms with Crippen molar-refractivity contribution in [2.75, 3.05) is 18.9 Å². The number of carbonyl (C=O) groups is 1. The molecule has 5 heteroatoms. The van der Waals surface area contributed by atoms with Crippen LogP contribution in [0.2, 0.25) is 5.02 Å². The molecule has 0 atom stereocenters. The zero-order chi connectivity index (χ0) is 15.5. The quantitative estimate of drug-likeness (QED) is 0.923. The fourth-order valence-corrected chi connectivity index (χ4v) is 2.53. The van der Waals surface area contributed by atoms with Crippen LogP contribution < -0.4 is 5.32 Å². The fraction of sp³-hybridized carbons (Fsp3) is 0.176. The molecular weight excluding hydrogens is 298 g/mol. The molecule has 112 valence electrons. The molecule has 2 aromatic rings. The van der Waals surface area contributed by atoms with Crippen molar-refractivity contribution < 1.29 is 4.79 Å². The lowest BCUT2D eigenvalue weighted by Gasteiger charge is -2.14. The van der Waals surface area contributed by atoms with Crippen molar-refractivity contribution in [2.24, 2.45) is 4.99 Å². The number of nitrogens with one attached hydrogen (secondary N) is 1. The number of nitrogens with zero attached hydrogens (tertiary/aromatic N) is 2. The highest BCUT2D eigenvalue weighted by Gasteiger charge is 2.22. The molecule has 0 bridgehead atoms. The lowest BCUT2D eigenvalue weighted by atomic mass is 10.1. The minimum atomic E-state index is -0.0603. The van der Waals surface area contributed by atoms with Crippen LogP contribution in [0.25, 0.3) is 0 Å². The Morgan fingerprint density at radius 2 is 2.00 bits per heavy atom. The third kappa shape index (κ3) is 3.12. The Bertz CT molecular complexity index is 728. The van der Waals surface area contributed by atoms with Crippen LogP contribution in [0.15, 0.2) is 53.5 Å². The van der Waals surface area contributed by atoms with E-state index in [2.05, 4.69) is 10.3 Å². The molecule has 3 rings (SSSR count). The lowest BCUT2D eigenvalue weighted by molar-refractivity contribution is 0.0817. The number of benzene rings is 2. The van der Waals surface area contributed by atoms with Crippen LogP contribution in [0.3, 0.4) is 0 Å². The molecule has 4 nitrogen and oxygen atoms in total. The first kappa shape index (κ1) is 14.6. The molecule has 22 heavy (non-hydrogen) atoms. The molecule has 0 saturated heterocycles. The maximum Gasteiger partial charge on any atom is 0.256 e. The summed E-state index contributed by atoms with van der Waals surface area (Å²) in [6.07, 6.45) is 0. The number of fused-ring (bicyclic) bond motifs is 1. The minimum Gasteiger partial charge on any atom is -0.342 e. The summed E-state index contributed by atoms with van der Waals surface area (Å²) >= 11 is 5.99. The van der Waals surface area contributed by atoms with Crippen molar-refractivity contribution in [1.29, 1.82) is 0 Å². The molecule has 0 saturated carbocycles. The molecule has 0 unspecified atom stereocenters. The number of carbonyl (C=O) groups excluding carboxylic acids is 1.